The van der Waals surface area contributed by atoms with E-state index in [0.29, 0.717) is 46.3 Å². The minimum atomic E-state index is -0.838. The number of nitrogens with zero attached hydrogens (tertiary/aromatic N) is 2. The number of aryl methyl sites for hydroxylation is 1. The number of carbonyl (C=O) groups excluding carboxylic acids is 3. The molecule has 1 aliphatic carbocycles. The van der Waals surface area contributed by atoms with Crippen LogP contribution in [0.2, 0.25) is 10.0 Å². The third-order valence-electron chi connectivity index (χ3n) is 7.28. The van der Waals surface area contributed by atoms with Crippen molar-refractivity contribution in [2.45, 2.75) is 77.3 Å². The molecule has 0 radical (unpaired) electrons. The highest BCUT2D eigenvalue weighted by Gasteiger charge is 2.34. The molecule has 1 aliphatic rings. The summed E-state index contributed by atoms with van der Waals surface area (Å²) in [5.41, 5.74) is 1.80. The number of rotatable bonds is 11. The fraction of sp³-hybridized carbons (Fsp3) is 0.433. The van der Waals surface area contributed by atoms with E-state index in [4.69, 9.17) is 27.6 Å². The molecule has 2 aromatic carbocycles. The molecule has 3 aromatic rings. The minimum absolute atomic E-state index is 0.0527. The molecule has 2 N–H and O–H groups in total. The van der Waals surface area contributed by atoms with Gasteiger partial charge in [0.2, 0.25) is 17.6 Å². The van der Waals surface area contributed by atoms with Crippen LogP contribution >= 0.6 is 23.2 Å². The average Bonchev–Trinajstić information content (AvgIpc) is 3.45. The monoisotopic (exact) mass is 584 g/mol. The molecule has 1 heterocycles. The van der Waals surface area contributed by atoms with Gasteiger partial charge in [0, 0.05) is 33.2 Å². The summed E-state index contributed by atoms with van der Waals surface area (Å²) in [5, 5.41) is 14.5. The summed E-state index contributed by atoms with van der Waals surface area (Å²) < 4.78 is 5.45. The Balaban J connectivity index is 1.54. The summed E-state index contributed by atoms with van der Waals surface area (Å²) in [6.45, 7) is 3.77. The number of hydrogen-bond acceptors (Lipinski definition) is 6. The molecule has 0 aliphatic heterocycles. The highest BCUT2D eigenvalue weighted by molar-refractivity contribution is 6.36. The first-order valence-corrected chi connectivity index (χ1v) is 14.6. The van der Waals surface area contributed by atoms with Gasteiger partial charge in [-0.3, -0.25) is 14.4 Å². The molecule has 8 nitrogen and oxygen atoms in total. The molecule has 1 aromatic heterocycles. The third kappa shape index (κ3) is 7.09. The standard InChI is InChI=1S/C30H34Cl2N4O4/c1-3-10-24(27(37)30-36-35-25(4-2)40-30)33-29(39)26(18-11-6-5-7-12-18)34-28(38)19-15-16-21(23(32)17-19)20-13-8-9-14-22(20)31/h8-9,13-18,24,26H,3-7,10-12H2,1-2H3,(H,33,39)(H,34,38)/t24-,26-/m1/s1. The Morgan fingerprint density at radius 3 is 2.33 bits per heavy atom. The van der Waals surface area contributed by atoms with Crippen LogP contribution in [0.3, 0.4) is 0 Å². The number of benzene rings is 2. The third-order valence-corrected chi connectivity index (χ3v) is 7.92. The second-order valence-corrected chi connectivity index (χ2v) is 10.9. The molecular weight excluding hydrogens is 551 g/mol. The number of amides is 2. The maximum atomic E-state index is 13.6. The van der Waals surface area contributed by atoms with Crippen molar-refractivity contribution in [3.05, 3.63) is 69.9 Å². The van der Waals surface area contributed by atoms with Crippen LogP contribution in [0.15, 0.2) is 46.9 Å². The Hall–Kier alpha value is -3.23. The van der Waals surface area contributed by atoms with Gasteiger partial charge < -0.3 is 15.1 Å². The minimum Gasteiger partial charge on any atom is -0.418 e. The molecule has 1 fully saturated rings. The van der Waals surface area contributed by atoms with Crippen LogP contribution < -0.4 is 10.6 Å². The van der Waals surface area contributed by atoms with Crippen LogP contribution in [0, 0.1) is 5.92 Å². The van der Waals surface area contributed by atoms with E-state index in [0.717, 1.165) is 37.7 Å². The molecule has 2 atom stereocenters. The summed E-state index contributed by atoms with van der Waals surface area (Å²) in [6.07, 6.45) is 6.21. The van der Waals surface area contributed by atoms with Crippen LogP contribution in [0.4, 0.5) is 0 Å². The first-order chi connectivity index (χ1) is 19.3. The van der Waals surface area contributed by atoms with Gasteiger partial charge in [0.15, 0.2) is 0 Å². The Labute approximate surface area is 244 Å². The van der Waals surface area contributed by atoms with E-state index in [9.17, 15) is 14.4 Å². The van der Waals surface area contributed by atoms with Crippen molar-refractivity contribution in [1.82, 2.24) is 20.8 Å². The number of carbonyl (C=O) groups is 3. The Morgan fingerprint density at radius 1 is 0.950 bits per heavy atom. The SMILES string of the molecule is CCC[C@@H](NC(=O)[C@H](NC(=O)c1ccc(-c2ccccc2Cl)c(Cl)c1)C1CCCCC1)C(=O)c1nnc(CC)o1. The van der Waals surface area contributed by atoms with E-state index >= 15 is 0 Å². The first kappa shape index (κ1) is 29.7. The van der Waals surface area contributed by atoms with Crippen molar-refractivity contribution >= 4 is 40.8 Å². The number of nitrogens with one attached hydrogen (secondary N) is 2. The lowest BCUT2D eigenvalue weighted by molar-refractivity contribution is -0.125. The molecular formula is C30H34Cl2N4O4. The zero-order valence-electron chi connectivity index (χ0n) is 22.7. The van der Waals surface area contributed by atoms with Gasteiger partial charge in [-0.15, -0.1) is 10.2 Å². The van der Waals surface area contributed by atoms with Crippen LogP contribution in [-0.2, 0) is 11.2 Å². The zero-order valence-corrected chi connectivity index (χ0v) is 24.2. The molecule has 0 unspecified atom stereocenters. The van der Waals surface area contributed by atoms with E-state index in [2.05, 4.69) is 20.8 Å². The summed E-state index contributed by atoms with van der Waals surface area (Å²) >= 11 is 12.9. The van der Waals surface area contributed by atoms with Crippen molar-refractivity contribution < 1.29 is 18.8 Å². The smallest absolute Gasteiger partial charge is 0.286 e. The van der Waals surface area contributed by atoms with Crippen molar-refractivity contribution in [2.75, 3.05) is 0 Å². The highest BCUT2D eigenvalue weighted by Crippen LogP contribution is 2.34. The summed E-state index contributed by atoms with van der Waals surface area (Å²) in [6, 6.07) is 10.7. The van der Waals surface area contributed by atoms with E-state index < -0.39 is 29.7 Å². The van der Waals surface area contributed by atoms with Crippen LogP contribution in [-0.4, -0.2) is 39.9 Å². The molecule has 0 spiro atoms. The van der Waals surface area contributed by atoms with Gasteiger partial charge in [0.25, 0.3) is 11.8 Å². The zero-order chi connectivity index (χ0) is 28.6. The summed E-state index contributed by atoms with van der Waals surface area (Å²) in [4.78, 5) is 40.2. The maximum Gasteiger partial charge on any atom is 0.286 e. The molecule has 4 rings (SSSR count). The lowest BCUT2D eigenvalue weighted by atomic mass is 9.83. The fourth-order valence-electron chi connectivity index (χ4n) is 5.11. The number of aromatic nitrogens is 2. The number of Topliss-reactive ketones (excluding diaryl/α,β-unsaturated/α-hetero) is 1. The average molecular weight is 586 g/mol. The van der Waals surface area contributed by atoms with Crippen molar-refractivity contribution in [3.8, 4) is 11.1 Å². The van der Waals surface area contributed by atoms with Crippen LogP contribution in [0.25, 0.3) is 11.1 Å². The molecule has 10 heteroatoms. The summed E-state index contributed by atoms with van der Waals surface area (Å²) in [5.74, 6) is -1.07. The van der Waals surface area contributed by atoms with E-state index in [1.807, 2.05) is 32.0 Å². The van der Waals surface area contributed by atoms with Crippen LogP contribution in [0.1, 0.15) is 85.7 Å². The predicted molar refractivity (Wildman–Crippen MR) is 155 cm³/mol. The molecule has 212 valence electrons. The lowest BCUT2D eigenvalue weighted by Gasteiger charge is -2.31. The normalized spacial score (nSPS) is 15.3. The molecule has 1 saturated carbocycles. The van der Waals surface area contributed by atoms with Gasteiger partial charge >= 0.3 is 0 Å². The van der Waals surface area contributed by atoms with Gasteiger partial charge in [0.05, 0.1) is 6.04 Å². The Kier molecular flexibility index (Phi) is 10.3. The van der Waals surface area contributed by atoms with Gasteiger partial charge in [-0.2, -0.15) is 0 Å². The first-order valence-electron chi connectivity index (χ1n) is 13.8. The van der Waals surface area contributed by atoms with Crippen molar-refractivity contribution in [1.29, 1.82) is 0 Å². The Bertz CT molecular complexity index is 1350. The van der Waals surface area contributed by atoms with E-state index in [1.54, 1.807) is 24.3 Å². The van der Waals surface area contributed by atoms with E-state index in [-0.39, 0.29) is 11.8 Å². The molecule has 2 amide bonds. The quantitative estimate of drug-likeness (QED) is 0.250. The molecule has 0 bridgehead atoms. The number of hydrogen-bond donors (Lipinski definition) is 2. The van der Waals surface area contributed by atoms with Gasteiger partial charge in [-0.25, -0.2) is 0 Å². The second kappa shape index (κ2) is 13.9. The van der Waals surface area contributed by atoms with E-state index in [1.165, 1.54) is 0 Å². The van der Waals surface area contributed by atoms with Gasteiger partial charge in [-0.1, -0.05) is 87.0 Å². The molecule has 40 heavy (non-hydrogen) atoms. The number of ketones is 1. The largest absolute Gasteiger partial charge is 0.418 e. The van der Waals surface area contributed by atoms with Crippen molar-refractivity contribution in [3.63, 3.8) is 0 Å². The highest BCUT2D eigenvalue weighted by atomic mass is 35.5. The number of halogens is 2. The van der Waals surface area contributed by atoms with Gasteiger partial charge in [-0.05, 0) is 43.4 Å². The summed E-state index contributed by atoms with van der Waals surface area (Å²) in [7, 11) is 0. The predicted octanol–water partition coefficient (Wildman–Crippen LogP) is 6.45. The maximum absolute atomic E-state index is 13.6. The van der Waals surface area contributed by atoms with Crippen LogP contribution in [0.5, 0.6) is 0 Å². The fourth-order valence-corrected chi connectivity index (χ4v) is 5.63. The van der Waals surface area contributed by atoms with Crippen molar-refractivity contribution in [2.24, 2.45) is 5.92 Å². The molecule has 0 saturated heterocycles. The van der Waals surface area contributed by atoms with Gasteiger partial charge in [0.1, 0.15) is 6.04 Å². The second-order valence-electron chi connectivity index (χ2n) is 10.1. The Morgan fingerprint density at radius 2 is 1.68 bits per heavy atom. The topological polar surface area (TPSA) is 114 Å². The lowest BCUT2D eigenvalue weighted by Crippen LogP contribution is -2.54.